The highest BCUT2D eigenvalue weighted by atomic mass is 14.4. The van der Waals surface area contributed by atoms with Crippen LogP contribution in [-0.2, 0) is 6.42 Å². The Bertz CT molecular complexity index is 1230. The molecule has 3 aromatic rings. The molecule has 0 nitrogen and oxygen atoms in total. The first kappa shape index (κ1) is 28.4. The summed E-state index contributed by atoms with van der Waals surface area (Å²) >= 11 is 0. The minimum atomic E-state index is 0.860. The average Bonchev–Trinajstić information content (AvgIpc) is 3.48. The first-order chi connectivity index (χ1) is 18.3. The van der Waals surface area contributed by atoms with Gasteiger partial charge in [0.05, 0.1) is 0 Å². The zero-order valence-electron chi connectivity index (χ0n) is 25.4. The quantitative estimate of drug-likeness (QED) is 0.324. The fraction of sp³-hybridized carbons (Fsp3) is 0.474. The van der Waals surface area contributed by atoms with E-state index in [1.807, 2.05) is 13.8 Å². The molecule has 2 fully saturated rings. The monoisotopic (exact) mass is 506 g/mol. The third-order valence-corrected chi connectivity index (χ3v) is 9.15. The van der Waals surface area contributed by atoms with Crippen molar-refractivity contribution in [1.82, 2.24) is 0 Å². The lowest BCUT2D eigenvalue weighted by Crippen LogP contribution is -2.12. The second kappa shape index (κ2) is 12.5. The molecule has 0 aliphatic heterocycles. The van der Waals surface area contributed by atoms with Crippen LogP contribution in [0.15, 0.2) is 48.5 Å². The van der Waals surface area contributed by atoms with Gasteiger partial charge in [0.2, 0.25) is 0 Å². The summed E-state index contributed by atoms with van der Waals surface area (Å²) in [6, 6.07) is 18.0. The van der Waals surface area contributed by atoms with E-state index in [4.69, 9.17) is 0 Å². The highest BCUT2D eigenvalue weighted by Crippen LogP contribution is 2.50. The van der Waals surface area contributed by atoms with Crippen LogP contribution >= 0.6 is 0 Å². The van der Waals surface area contributed by atoms with Gasteiger partial charge in [-0.1, -0.05) is 105 Å². The van der Waals surface area contributed by atoms with E-state index in [-0.39, 0.29) is 0 Å². The van der Waals surface area contributed by atoms with Crippen LogP contribution < -0.4 is 0 Å². The maximum absolute atomic E-state index is 2.38. The van der Waals surface area contributed by atoms with Gasteiger partial charge in [0.25, 0.3) is 0 Å². The molecule has 0 heteroatoms. The molecular weight excluding hydrogens is 456 g/mol. The Kier molecular flexibility index (Phi) is 9.35. The summed E-state index contributed by atoms with van der Waals surface area (Å²) in [5.74, 6) is 2.95. The van der Waals surface area contributed by atoms with Crippen LogP contribution in [0, 0.1) is 53.4 Å². The van der Waals surface area contributed by atoms with Crippen molar-refractivity contribution in [3.05, 3.63) is 104 Å². The molecule has 2 saturated carbocycles. The highest BCUT2D eigenvalue weighted by molar-refractivity contribution is 5.90. The fourth-order valence-corrected chi connectivity index (χ4v) is 7.93. The summed E-state index contributed by atoms with van der Waals surface area (Å²) in [5, 5.41) is 0. The average molecular weight is 507 g/mol. The van der Waals surface area contributed by atoms with Crippen molar-refractivity contribution in [2.75, 3.05) is 0 Å². The molecule has 0 radical (unpaired) electrons. The summed E-state index contributed by atoms with van der Waals surface area (Å²) in [6.07, 6.45) is 12.3. The van der Waals surface area contributed by atoms with Crippen molar-refractivity contribution in [2.24, 2.45) is 11.8 Å². The summed E-state index contributed by atoms with van der Waals surface area (Å²) in [7, 11) is 0. The molecule has 0 amide bonds. The lowest BCUT2D eigenvalue weighted by molar-refractivity contribution is 0.277. The maximum atomic E-state index is 2.38. The van der Waals surface area contributed by atoms with Crippen LogP contribution in [0.1, 0.15) is 114 Å². The zero-order chi connectivity index (χ0) is 27.4. The molecule has 0 N–H and O–H groups in total. The molecule has 2 unspecified atom stereocenters. The Labute approximate surface area is 233 Å². The summed E-state index contributed by atoms with van der Waals surface area (Å²) in [4.78, 5) is 0. The SMILES string of the molecule is CC.Cc1cc(C)c(C2=Cc3ccccc3C2)c(C)c1.Cc1cc(C)c(C2CC3CCCCC3C2)c(C)c1. The van der Waals surface area contributed by atoms with E-state index in [1.54, 1.807) is 5.56 Å². The van der Waals surface area contributed by atoms with Gasteiger partial charge in [-0.15, -0.1) is 0 Å². The lowest BCUT2D eigenvalue weighted by Gasteiger charge is -2.24. The summed E-state index contributed by atoms with van der Waals surface area (Å²) < 4.78 is 0. The van der Waals surface area contributed by atoms with Gasteiger partial charge in [-0.3, -0.25) is 0 Å². The highest BCUT2D eigenvalue weighted by Gasteiger charge is 2.37. The number of hydrogen-bond acceptors (Lipinski definition) is 0. The molecule has 0 bridgehead atoms. The third-order valence-electron chi connectivity index (χ3n) is 9.15. The van der Waals surface area contributed by atoms with Gasteiger partial charge in [0, 0.05) is 0 Å². The molecule has 3 aliphatic rings. The van der Waals surface area contributed by atoms with Crippen molar-refractivity contribution < 1.29 is 0 Å². The predicted octanol–water partition coefficient (Wildman–Crippen LogP) is 11.0. The van der Waals surface area contributed by atoms with E-state index in [1.165, 1.54) is 94.2 Å². The van der Waals surface area contributed by atoms with Gasteiger partial charge in [-0.05, 0) is 129 Å². The van der Waals surface area contributed by atoms with Crippen LogP contribution in [0.4, 0.5) is 0 Å². The molecule has 2 atom stereocenters. The molecule has 0 heterocycles. The molecule has 0 spiro atoms. The van der Waals surface area contributed by atoms with Gasteiger partial charge in [0.15, 0.2) is 0 Å². The Balaban J connectivity index is 0.000000166. The molecular formula is C38H50. The van der Waals surface area contributed by atoms with Crippen molar-refractivity contribution in [3.63, 3.8) is 0 Å². The van der Waals surface area contributed by atoms with E-state index in [9.17, 15) is 0 Å². The Morgan fingerprint density at radius 1 is 0.632 bits per heavy atom. The molecule has 38 heavy (non-hydrogen) atoms. The van der Waals surface area contributed by atoms with E-state index < -0.39 is 0 Å². The second-order valence-corrected chi connectivity index (χ2v) is 12.1. The largest absolute Gasteiger partial charge is 0.0683 e. The number of fused-ring (bicyclic) bond motifs is 2. The summed E-state index contributed by atoms with van der Waals surface area (Å²) in [6.45, 7) is 17.5. The van der Waals surface area contributed by atoms with E-state index in [0.29, 0.717) is 0 Å². The first-order valence-corrected chi connectivity index (χ1v) is 15.2. The Hall–Kier alpha value is -2.60. The maximum Gasteiger partial charge on any atom is -0.00135 e. The number of rotatable bonds is 2. The van der Waals surface area contributed by atoms with Crippen LogP contribution in [0.5, 0.6) is 0 Å². The first-order valence-electron chi connectivity index (χ1n) is 15.2. The van der Waals surface area contributed by atoms with Gasteiger partial charge < -0.3 is 0 Å². The van der Waals surface area contributed by atoms with Crippen LogP contribution in [0.25, 0.3) is 11.6 Å². The molecule has 3 aliphatic carbocycles. The van der Waals surface area contributed by atoms with E-state index in [0.717, 1.165) is 24.2 Å². The van der Waals surface area contributed by atoms with Crippen molar-refractivity contribution in [3.8, 4) is 0 Å². The van der Waals surface area contributed by atoms with Gasteiger partial charge in [0.1, 0.15) is 0 Å². The fourth-order valence-electron chi connectivity index (χ4n) is 7.93. The number of aryl methyl sites for hydroxylation is 6. The van der Waals surface area contributed by atoms with Crippen molar-refractivity contribution in [1.29, 1.82) is 0 Å². The minimum absolute atomic E-state index is 0.860. The van der Waals surface area contributed by atoms with Crippen molar-refractivity contribution >= 4 is 11.6 Å². The summed E-state index contributed by atoms with van der Waals surface area (Å²) in [5.41, 5.74) is 16.1. The predicted molar refractivity (Wildman–Crippen MR) is 168 cm³/mol. The minimum Gasteiger partial charge on any atom is -0.0683 e. The van der Waals surface area contributed by atoms with Gasteiger partial charge in [-0.25, -0.2) is 0 Å². The molecule has 0 saturated heterocycles. The standard InChI is InChI=1S/C18H26.C18H18.C2H6/c2*1-12-8-13(2)18(14(3)9-12)17-10-15-6-4-5-7-16(15)11-17;1-2/h8-9,15-17H,4-7,10-11H2,1-3H3;4-10H,11H2,1-3H3;1-2H3. The van der Waals surface area contributed by atoms with Crippen LogP contribution in [-0.4, -0.2) is 0 Å². The molecule has 6 rings (SSSR count). The van der Waals surface area contributed by atoms with Gasteiger partial charge in [-0.2, -0.15) is 0 Å². The van der Waals surface area contributed by atoms with Crippen LogP contribution in [0.3, 0.4) is 0 Å². The van der Waals surface area contributed by atoms with Crippen LogP contribution in [0.2, 0.25) is 0 Å². The van der Waals surface area contributed by atoms with E-state index >= 15 is 0 Å². The number of allylic oxidation sites excluding steroid dienone is 1. The second-order valence-electron chi connectivity index (χ2n) is 12.1. The van der Waals surface area contributed by atoms with Gasteiger partial charge >= 0.3 is 0 Å². The topological polar surface area (TPSA) is 0 Å². The molecule has 0 aromatic heterocycles. The number of hydrogen-bond donors (Lipinski definition) is 0. The molecule has 202 valence electrons. The Morgan fingerprint density at radius 2 is 1.13 bits per heavy atom. The normalized spacial score (nSPS) is 21.4. The van der Waals surface area contributed by atoms with E-state index in [2.05, 4.69) is 96.1 Å². The lowest BCUT2D eigenvalue weighted by atomic mass is 9.82. The smallest absolute Gasteiger partial charge is 0.00135 e. The molecule has 3 aromatic carbocycles. The Morgan fingerprint density at radius 3 is 1.66 bits per heavy atom. The van der Waals surface area contributed by atoms with Crippen molar-refractivity contribution in [2.45, 2.75) is 106 Å². The number of benzene rings is 3. The zero-order valence-corrected chi connectivity index (χ0v) is 25.4. The third kappa shape index (κ3) is 6.17.